The van der Waals surface area contributed by atoms with Crippen LogP contribution in [0.4, 0.5) is 0 Å². The third-order valence-corrected chi connectivity index (χ3v) is 3.53. The van der Waals surface area contributed by atoms with E-state index in [0.717, 1.165) is 18.3 Å². The van der Waals surface area contributed by atoms with Crippen LogP contribution in [-0.2, 0) is 4.79 Å². The van der Waals surface area contributed by atoms with Gasteiger partial charge in [0.05, 0.1) is 6.54 Å². The average molecular weight is 200 g/mol. The first kappa shape index (κ1) is 8.87. The highest BCUT2D eigenvalue weighted by molar-refractivity contribution is 8.15. The van der Waals surface area contributed by atoms with Crippen molar-refractivity contribution in [2.24, 2.45) is 4.99 Å². The number of thioether (sulfide) groups is 1. The summed E-state index contributed by atoms with van der Waals surface area (Å²) in [4.78, 5) is 17.1. The minimum atomic E-state index is -0.747. The van der Waals surface area contributed by atoms with Gasteiger partial charge in [0.1, 0.15) is 5.25 Å². The Kier molecular flexibility index (Phi) is 2.44. The summed E-state index contributed by atoms with van der Waals surface area (Å²) >= 11 is 1.39. The molecule has 0 amide bonds. The molecule has 72 valence electrons. The molecule has 1 saturated heterocycles. The van der Waals surface area contributed by atoms with Crippen LogP contribution < -0.4 is 0 Å². The van der Waals surface area contributed by atoms with Crippen molar-refractivity contribution in [3.8, 4) is 0 Å². The Labute approximate surface area is 81.0 Å². The molecule has 1 atom stereocenters. The van der Waals surface area contributed by atoms with Crippen molar-refractivity contribution in [2.75, 3.05) is 19.6 Å². The highest BCUT2D eigenvalue weighted by Crippen LogP contribution is 2.25. The first-order valence-electron chi connectivity index (χ1n) is 4.46. The molecule has 0 aromatic heterocycles. The van der Waals surface area contributed by atoms with Gasteiger partial charge < -0.3 is 10.0 Å². The van der Waals surface area contributed by atoms with Crippen LogP contribution in [0, 0.1) is 0 Å². The number of aliphatic carboxylic acids is 1. The largest absolute Gasteiger partial charge is 0.480 e. The van der Waals surface area contributed by atoms with Crippen LogP contribution in [0.25, 0.3) is 0 Å². The molecule has 0 radical (unpaired) electrons. The maximum Gasteiger partial charge on any atom is 0.319 e. The molecule has 4 nitrogen and oxygen atoms in total. The van der Waals surface area contributed by atoms with Crippen LogP contribution in [0.5, 0.6) is 0 Å². The highest BCUT2D eigenvalue weighted by Gasteiger charge is 2.29. The zero-order valence-electron chi connectivity index (χ0n) is 7.27. The summed E-state index contributed by atoms with van der Waals surface area (Å²) in [5.41, 5.74) is 0. The molecule has 0 aliphatic carbocycles. The van der Waals surface area contributed by atoms with E-state index in [1.54, 1.807) is 0 Å². The first-order valence-corrected chi connectivity index (χ1v) is 5.34. The fourth-order valence-corrected chi connectivity index (χ4v) is 2.56. The number of carbonyl (C=O) groups is 1. The van der Waals surface area contributed by atoms with E-state index >= 15 is 0 Å². The van der Waals surface area contributed by atoms with Gasteiger partial charge in [-0.2, -0.15) is 0 Å². The molecule has 0 aromatic rings. The number of aliphatic imine (C=N–C) groups is 1. The standard InChI is InChI=1S/C8H12N2O2S/c11-7(12)6-5-9-8(13-6)10-3-1-2-4-10/h6H,1-5H2,(H,11,12). The number of hydrogen-bond donors (Lipinski definition) is 1. The molecule has 0 aromatic carbocycles. The summed E-state index contributed by atoms with van der Waals surface area (Å²) in [6.45, 7) is 2.52. The Hall–Kier alpha value is -0.710. The van der Waals surface area contributed by atoms with Crippen LogP contribution >= 0.6 is 11.8 Å². The molecule has 0 saturated carbocycles. The maximum atomic E-state index is 10.6. The van der Waals surface area contributed by atoms with Gasteiger partial charge in [-0.05, 0) is 12.8 Å². The normalized spacial score (nSPS) is 27.8. The van der Waals surface area contributed by atoms with Crippen LogP contribution in [0.15, 0.2) is 4.99 Å². The quantitative estimate of drug-likeness (QED) is 0.675. The highest BCUT2D eigenvalue weighted by atomic mass is 32.2. The van der Waals surface area contributed by atoms with Crippen molar-refractivity contribution in [1.29, 1.82) is 0 Å². The van der Waals surface area contributed by atoms with Gasteiger partial charge in [0.15, 0.2) is 5.17 Å². The number of carboxylic acids is 1. The maximum absolute atomic E-state index is 10.6. The van der Waals surface area contributed by atoms with Crippen molar-refractivity contribution >= 4 is 22.9 Å². The molecule has 0 spiro atoms. The number of hydrogen-bond acceptors (Lipinski definition) is 4. The topological polar surface area (TPSA) is 52.9 Å². The number of nitrogens with zero attached hydrogens (tertiary/aromatic N) is 2. The Morgan fingerprint density at radius 1 is 1.54 bits per heavy atom. The molecule has 2 rings (SSSR count). The van der Waals surface area contributed by atoms with E-state index in [0.29, 0.717) is 6.54 Å². The van der Waals surface area contributed by atoms with Crippen molar-refractivity contribution in [3.63, 3.8) is 0 Å². The molecular weight excluding hydrogens is 188 g/mol. The molecule has 0 bridgehead atoms. The molecule has 2 heterocycles. The zero-order chi connectivity index (χ0) is 9.26. The van der Waals surface area contributed by atoms with E-state index in [-0.39, 0.29) is 5.25 Å². The number of amidine groups is 1. The Morgan fingerprint density at radius 2 is 2.23 bits per heavy atom. The van der Waals surface area contributed by atoms with Crippen LogP contribution in [0.3, 0.4) is 0 Å². The summed E-state index contributed by atoms with van der Waals surface area (Å²) in [6, 6.07) is 0. The SMILES string of the molecule is O=C(O)C1CN=C(N2CCCC2)S1. The predicted octanol–water partition coefficient (Wildman–Crippen LogP) is 0.638. The summed E-state index contributed by atoms with van der Waals surface area (Å²) in [6.07, 6.45) is 2.41. The molecule has 1 N–H and O–H groups in total. The number of likely N-dealkylation sites (tertiary alicyclic amines) is 1. The summed E-state index contributed by atoms with van der Waals surface area (Å²) in [5.74, 6) is -0.747. The van der Waals surface area contributed by atoms with E-state index in [9.17, 15) is 4.79 Å². The molecular formula is C8H12N2O2S. The molecule has 1 fully saturated rings. The lowest BCUT2D eigenvalue weighted by atomic mass is 10.4. The minimum absolute atomic E-state index is 0.351. The third-order valence-electron chi connectivity index (χ3n) is 2.29. The summed E-state index contributed by atoms with van der Waals surface area (Å²) in [5, 5.41) is 9.34. The lowest BCUT2D eigenvalue weighted by Crippen LogP contribution is -2.25. The monoisotopic (exact) mass is 200 g/mol. The fraction of sp³-hybridized carbons (Fsp3) is 0.750. The van der Waals surface area contributed by atoms with Crippen molar-refractivity contribution in [3.05, 3.63) is 0 Å². The fourth-order valence-electron chi connectivity index (χ4n) is 1.57. The van der Waals surface area contributed by atoms with Crippen molar-refractivity contribution in [2.45, 2.75) is 18.1 Å². The number of carboxylic acid groups (broad SMARTS) is 1. The molecule has 13 heavy (non-hydrogen) atoms. The smallest absolute Gasteiger partial charge is 0.319 e. The molecule has 2 aliphatic heterocycles. The second-order valence-corrected chi connectivity index (χ2v) is 4.43. The molecule has 2 aliphatic rings. The van der Waals surface area contributed by atoms with Crippen molar-refractivity contribution in [1.82, 2.24) is 4.90 Å². The van der Waals surface area contributed by atoms with Gasteiger partial charge in [-0.1, -0.05) is 11.8 Å². The zero-order valence-corrected chi connectivity index (χ0v) is 8.09. The summed E-state index contributed by atoms with van der Waals surface area (Å²) in [7, 11) is 0. The molecule has 5 heteroatoms. The first-order chi connectivity index (χ1) is 6.27. The summed E-state index contributed by atoms with van der Waals surface area (Å²) < 4.78 is 0. The van der Waals surface area contributed by atoms with Gasteiger partial charge in [-0.25, -0.2) is 0 Å². The Balaban J connectivity index is 1.92. The predicted molar refractivity (Wildman–Crippen MR) is 52.1 cm³/mol. The second-order valence-electron chi connectivity index (χ2n) is 3.26. The second kappa shape index (κ2) is 3.57. The van der Waals surface area contributed by atoms with Gasteiger partial charge in [0, 0.05) is 13.1 Å². The van der Waals surface area contributed by atoms with E-state index < -0.39 is 5.97 Å². The Morgan fingerprint density at radius 3 is 2.77 bits per heavy atom. The third kappa shape index (κ3) is 1.80. The Bertz CT molecular complexity index is 249. The van der Waals surface area contributed by atoms with Crippen LogP contribution in [0.2, 0.25) is 0 Å². The molecule has 1 unspecified atom stereocenters. The van der Waals surface area contributed by atoms with Crippen LogP contribution in [-0.4, -0.2) is 46.0 Å². The minimum Gasteiger partial charge on any atom is -0.480 e. The van der Waals surface area contributed by atoms with Gasteiger partial charge >= 0.3 is 5.97 Å². The lowest BCUT2D eigenvalue weighted by Gasteiger charge is -2.15. The van der Waals surface area contributed by atoms with Gasteiger partial charge in [0.25, 0.3) is 0 Å². The van der Waals surface area contributed by atoms with E-state index in [1.807, 2.05) is 0 Å². The van der Waals surface area contributed by atoms with E-state index in [4.69, 9.17) is 5.11 Å². The number of rotatable bonds is 1. The van der Waals surface area contributed by atoms with E-state index in [2.05, 4.69) is 9.89 Å². The lowest BCUT2D eigenvalue weighted by molar-refractivity contribution is -0.136. The van der Waals surface area contributed by atoms with Gasteiger partial charge in [-0.15, -0.1) is 0 Å². The van der Waals surface area contributed by atoms with Crippen molar-refractivity contribution < 1.29 is 9.90 Å². The van der Waals surface area contributed by atoms with Gasteiger partial charge in [0.2, 0.25) is 0 Å². The van der Waals surface area contributed by atoms with Gasteiger partial charge in [-0.3, -0.25) is 9.79 Å². The van der Waals surface area contributed by atoms with Crippen LogP contribution in [0.1, 0.15) is 12.8 Å². The average Bonchev–Trinajstić information content (AvgIpc) is 2.75. The van der Waals surface area contributed by atoms with E-state index in [1.165, 1.54) is 24.6 Å².